The summed E-state index contributed by atoms with van der Waals surface area (Å²) in [5.41, 5.74) is 6.03. The first-order chi connectivity index (χ1) is 8.63. The third-order valence-corrected chi connectivity index (χ3v) is 2.04. The fourth-order valence-corrected chi connectivity index (χ4v) is 1.10. The molecule has 0 amide bonds. The summed E-state index contributed by atoms with van der Waals surface area (Å²) >= 11 is 0. The number of aldehydes is 1. The largest absolute Gasteiger partial charge is 0.516 e. The van der Waals surface area contributed by atoms with Crippen LogP contribution in [0.3, 0.4) is 0 Å². The highest BCUT2D eigenvalue weighted by atomic mass is 16.7. The molecule has 2 N–H and O–H groups in total. The summed E-state index contributed by atoms with van der Waals surface area (Å²) in [5, 5.41) is 0. The molecular formula is C12H13NO5. The Morgan fingerprint density at radius 1 is 1.28 bits per heavy atom. The molecule has 0 radical (unpaired) electrons. The molecule has 0 aliphatic heterocycles. The minimum atomic E-state index is -1.15. The van der Waals surface area contributed by atoms with Gasteiger partial charge in [-0.3, -0.25) is 0 Å². The molecular weight excluding hydrogens is 238 g/mol. The number of esters is 1. The van der Waals surface area contributed by atoms with Crippen LogP contribution in [0.1, 0.15) is 12.0 Å². The van der Waals surface area contributed by atoms with Gasteiger partial charge in [0.15, 0.2) is 0 Å². The summed E-state index contributed by atoms with van der Waals surface area (Å²) in [6.45, 7) is -0.00410. The number of hydrogen-bond donors (Lipinski definition) is 1. The molecule has 0 aromatic heterocycles. The first kappa shape index (κ1) is 13.9. The maximum Gasteiger partial charge on any atom is 0.516 e. The molecule has 1 aromatic rings. The Bertz CT molecular complexity index is 418. The predicted octanol–water partition coefficient (Wildman–Crippen LogP) is 0.783. The van der Waals surface area contributed by atoms with Gasteiger partial charge in [0, 0.05) is 6.42 Å². The summed E-state index contributed by atoms with van der Waals surface area (Å²) in [6.07, 6.45) is -0.864. The lowest BCUT2D eigenvalue weighted by atomic mass is 10.2. The minimum absolute atomic E-state index is 0.00410. The molecule has 0 heterocycles. The van der Waals surface area contributed by atoms with Gasteiger partial charge < -0.3 is 20.0 Å². The van der Waals surface area contributed by atoms with E-state index in [-0.39, 0.29) is 13.0 Å². The van der Waals surface area contributed by atoms with E-state index in [0.29, 0.717) is 6.29 Å². The average molecular weight is 251 g/mol. The molecule has 0 aliphatic carbocycles. The molecule has 1 unspecified atom stereocenters. The monoisotopic (exact) mass is 251 g/mol. The van der Waals surface area contributed by atoms with Gasteiger partial charge in [0.1, 0.15) is 18.9 Å². The average Bonchev–Trinajstić information content (AvgIpc) is 2.38. The smallest absolute Gasteiger partial charge is 0.429 e. The summed E-state index contributed by atoms with van der Waals surface area (Å²) in [5.74, 6) is -0.986. The van der Waals surface area contributed by atoms with Gasteiger partial charge in [0.25, 0.3) is 0 Å². The first-order valence-electron chi connectivity index (χ1n) is 5.25. The maximum absolute atomic E-state index is 11.1. The number of ether oxygens (including phenoxy) is 2. The molecule has 6 heteroatoms. The van der Waals surface area contributed by atoms with Crippen molar-refractivity contribution in [3.8, 4) is 0 Å². The van der Waals surface area contributed by atoms with Crippen molar-refractivity contribution in [2.45, 2.75) is 19.1 Å². The van der Waals surface area contributed by atoms with Crippen molar-refractivity contribution in [3.05, 3.63) is 35.9 Å². The topological polar surface area (TPSA) is 95.7 Å². The van der Waals surface area contributed by atoms with Crippen LogP contribution in [0, 0.1) is 0 Å². The van der Waals surface area contributed by atoms with Crippen molar-refractivity contribution in [1.29, 1.82) is 0 Å². The van der Waals surface area contributed by atoms with Crippen LogP contribution in [0.25, 0.3) is 0 Å². The van der Waals surface area contributed by atoms with Crippen LogP contribution in [0.15, 0.2) is 30.3 Å². The minimum Gasteiger partial charge on any atom is -0.429 e. The molecule has 0 saturated heterocycles. The maximum atomic E-state index is 11.1. The Kier molecular flexibility index (Phi) is 5.53. The molecule has 96 valence electrons. The van der Waals surface area contributed by atoms with Crippen molar-refractivity contribution in [3.63, 3.8) is 0 Å². The van der Waals surface area contributed by atoms with E-state index in [1.54, 1.807) is 24.3 Å². The van der Waals surface area contributed by atoms with Crippen LogP contribution in [0.4, 0.5) is 4.79 Å². The highest BCUT2D eigenvalue weighted by Crippen LogP contribution is 2.02. The van der Waals surface area contributed by atoms with Crippen LogP contribution >= 0.6 is 0 Å². The van der Waals surface area contributed by atoms with Gasteiger partial charge in [-0.2, -0.15) is 0 Å². The Morgan fingerprint density at radius 3 is 2.56 bits per heavy atom. The highest BCUT2D eigenvalue weighted by Gasteiger charge is 2.19. The molecule has 1 atom stereocenters. The summed E-state index contributed by atoms with van der Waals surface area (Å²) < 4.78 is 9.00. The van der Waals surface area contributed by atoms with Gasteiger partial charge in [0.2, 0.25) is 0 Å². The van der Waals surface area contributed by atoms with Crippen LogP contribution in [0.5, 0.6) is 0 Å². The Morgan fingerprint density at radius 2 is 1.94 bits per heavy atom. The molecule has 1 aromatic carbocycles. The van der Waals surface area contributed by atoms with E-state index in [0.717, 1.165) is 5.56 Å². The Hall–Kier alpha value is -2.21. The standard InChI is InChI=1S/C12H13NO5/c13-10(6-7-14)11(15)18-12(16)17-8-9-4-2-1-3-5-9/h1-5,7,10H,6,8,13H2. The summed E-state index contributed by atoms with van der Waals surface area (Å²) in [4.78, 5) is 32.4. The number of rotatable bonds is 5. The number of nitrogens with two attached hydrogens (primary N) is 1. The lowest BCUT2D eigenvalue weighted by Crippen LogP contribution is -2.34. The van der Waals surface area contributed by atoms with Gasteiger partial charge in [-0.1, -0.05) is 30.3 Å². The zero-order chi connectivity index (χ0) is 13.4. The number of hydrogen-bond acceptors (Lipinski definition) is 6. The molecule has 6 nitrogen and oxygen atoms in total. The fourth-order valence-electron chi connectivity index (χ4n) is 1.10. The van der Waals surface area contributed by atoms with Gasteiger partial charge >= 0.3 is 12.1 Å². The summed E-state index contributed by atoms with van der Waals surface area (Å²) in [7, 11) is 0. The van der Waals surface area contributed by atoms with Gasteiger partial charge in [-0.25, -0.2) is 9.59 Å². The molecule has 0 fully saturated rings. The highest BCUT2D eigenvalue weighted by molar-refractivity contribution is 5.86. The second-order valence-corrected chi connectivity index (χ2v) is 3.45. The first-order valence-corrected chi connectivity index (χ1v) is 5.25. The van der Waals surface area contributed by atoms with E-state index in [4.69, 9.17) is 10.5 Å². The molecule has 0 aliphatic rings. The second-order valence-electron chi connectivity index (χ2n) is 3.45. The van der Waals surface area contributed by atoms with Crippen molar-refractivity contribution >= 4 is 18.4 Å². The fraction of sp³-hybridized carbons (Fsp3) is 0.250. The lowest BCUT2D eigenvalue weighted by Gasteiger charge is -2.07. The molecule has 18 heavy (non-hydrogen) atoms. The Balaban J connectivity index is 2.34. The third-order valence-electron chi connectivity index (χ3n) is 2.04. The summed E-state index contributed by atoms with van der Waals surface area (Å²) in [6, 6.07) is 7.76. The van der Waals surface area contributed by atoms with Gasteiger partial charge in [0.05, 0.1) is 0 Å². The van der Waals surface area contributed by atoms with E-state index in [1.807, 2.05) is 6.07 Å². The van der Waals surface area contributed by atoms with Crippen molar-refractivity contribution < 1.29 is 23.9 Å². The number of carbonyl (C=O) groups excluding carboxylic acids is 3. The number of carbonyl (C=O) groups is 3. The molecule has 0 saturated carbocycles. The van der Waals surface area contributed by atoms with Crippen molar-refractivity contribution in [1.82, 2.24) is 0 Å². The second kappa shape index (κ2) is 7.18. The SMILES string of the molecule is NC(CC=O)C(=O)OC(=O)OCc1ccccc1. The Labute approximate surface area is 104 Å². The van der Waals surface area contributed by atoms with E-state index < -0.39 is 18.2 Å². The van der Waals surface area contributed by atoms with Crippen molar-refractivity contribution in [2.24, 2.45) is 5.73 Å². The van der Waals surface area contributed by atoms with Gasteiger partial charge in [-0.15, -0.1) is 0 Å². The number of benzene rings is 1. The third kappa shape index (κ3) is 4.75. The zero-order valence-electron chi connectivity index (χ0n) is 9.57. The van der Waals surface area contributed by atoms with Crippen molar-refractivity contribution in [2.75, 3.05) is 0 Å². The zero-order valence-corrected chi connectivity index (χ0v) is 9.57. The quantitative estimate of drug-likeness (QED) is 0.472. The molecule has 0 bridgehead atoms. The molecule has 1 rings (SSSR count). The van der Waals surface area contributed by atoms with E-state index >= 15 is 0 Å². The van der Waals surface area contributed by atoms with Crippen LogP contribution < -0.4 is 5.73 Å². The predicted molar refractivity (Wildman–Crippen MR) is 61.4 cm³/mol. The van der Waals surface area contributed by atoms with E-state index in [1.165, 1.54) is 0 Å². The normalized spacial score (nSPS) is 11.4. The van der Waals surface area contributed by atoms with Crippen LogP contribution in [-0.4, -0.2) is 24.5 Å². The van der Waals surface area contributed by atoms with Crippen LogP contribution in [-0.2, 0) is 25.7 Å². The molecule has 0 spiro atoms. The van der Waals surface area contributed by atoms with Gasteiger partial charge in [-0.05, 0) is 5.56 Å². The van der Waals surface area contributed by atoms with E-state index in [2.05, 4.69) is 4.74 Å². The van der Waals surface area contributed by atoms with E-state index in [9.17, 15) is 14.4 Å². The lowest BCUT2D eigenvalue weighted by molar-refractivity contribution is -0.142. The van der Waals surface area contributed by atoms with Crippen LogP contribution in [0.2, 0.25) is 0 Å².